The third kappa shape index (κ3) is 2.19. The van der Waals surface area contributed by atoms with Crippen molar-refractivity contribution in [2.24, 2.45) is 0 Å². The van der Waals surface area contributed by atoms with Gasteiger partial charge < -0.3 is 4.57 Å². The van der Waals surface area contributed by atoms with Gasteiger partial charge in [-0.05, 0) is 31.2 Å². The minimum atomic E-state index is -0.168. The first-order valence-corrected chi connectivity index (χ1v) is 8.01. The lowest BCUT2D eigenvalue weighted by Crippen LogP contribution is -2.42. The zero-order valence-electron chi connectivity index (χ0n) is 13.1. The number of benzene rings is 1. The van der Waals surface area contributed by atoms with E-state index in [1.54, 1.807) is 24.3 Å². The average molecular weight is 309 g/mol. The second-order valence-corrected chi connectivity index (χ2v) is 6.15. The first kappa shape index (κ1) is 14.2. The Hall–Kier alpha value is -2.40. The van der Waals surface area contributed by atoms with Crippen LogP contribution in [0.4, 0.5) is 0 Å². The van der Waals surface area contributed by atoms with Gasteiger partial charge in [0.05, 0.1) is 11.1 Å². The average Bonchev–Trinajstić information content (AvgIpc) is 3.13. The Bertz CT molecular complexity index is 745. The fourth-order valence-corrected chi connectivity index (χ4v) is 3.60. The number of carbonyl (C=O) groups excluding carboxylic acids is 2. The van der Waals surface area contributed by atoms with Crippen molar-refractivity contribution >= 4 is 11.8 Å². The molecule has 3 heterocycles. The van der Waals surface area contributed by atoms with E-state index in [1.807, 2.05) is 0 Å². The van der Waals surface area contributed by atoms with Crippen LogP contribution >= 0.6 is 0 Å². The maximum absolute atomic E-state index is 12.4. The number of hydrogen-bond acceptors (Lipinski definition) is 3. The maximum Gasteiger partial charge on any atom is 0.261 e. The number of rotatable bonds is 3. The SMILES string of the molecule is C[C@H]1c2cccn2CCN1CCN1C(=O)c2ccccc2C1=O. The van der Waals surface area contributed by atoms with E-state index in [9.17, 15) is 9.59 Å². The molecule has 4 rings (SSSR count). The number of nitrogens with zero attached hydrogens (tertiary/aromatic N) is 3. The van der Waals surface area contributed by atoms with Crippen molar-refractivity contribution in [1.29, 1.82) is 0 Å². The lowest BCUT2D eigenvalue weighted by atomic mass is 10.1. The molecule has 2 amide bonds. The smallest absolute Gasteiger partial charge is 0.261 e. The van der Waals surface area contributed by atoms with E-state index in [2.05, 4.69) is 34.7 Å². The van der Waals surface area contributed by atoms with Gasteiger partial charge in [0, 0.05) is 44.1 Å². The predicted molar refractivity (Wildman–Crippen MR) is 86.2 cm³/mol. The molecule has 0 fully saturated rings. The highest BCUT2D eigenvalue weighted by Crippen LogP contribution is 2.26. The third-order valence-corrected chi connectivity index (χ3v) is 4.96. The van der Waals surface area contributed by atoms with Crippen LogP contribution in [0.5, 0.6) is 0 Å². The number of imide groups is 1. The van der Waals surface area contributed by atoms with E-state index in [1.165, 1.54) is 10.6 Å². The molecule has 1 atom stereocenters. The van der Waals surface area contributed by atoms with E-state index in [0.29, 0.717) is 30.3 Å². The van der Waals surface area contributed by atoms with Gasteiger partial charge in [-0.2, -0.15) is 0 Å². The van der Waals surface area contributed by atoms with Gasteiger partial charge >= 0.3 is 0 Å². The molecule has 23 heavy (non-hydrogen) atoms. The number of carbonyl (C=O) groups is 2. The molecule has 0 radical (unpaired) electrons. The molecule has 0 saturated heterocycles. The number of amides is 2. The molecule has 0 bridgehead atoms. The molecular weight excluding hydrogens is 290 g/mol. The van der Waals surface area contributed by atoms with Crippen LogP contribution in [0.25, 0.3) is 0 Å². The first-order chi connectivity index (χ1) is 11.2. The van der Waals surface area contributed by atoms with Gasteiger partial charge in [0.15, 0.2) is 0 Å². The highest BCUT2D eigenvalue weighted by atomic mass is 16.2. The maximum atomic E-state index is 12.4. The minimum absolute atomic E-state index is 0.168. The molecule has 1 aromatic heterocycles. The van der Waals surface area contributed by atoms with E-state index < -0.39 is 0 Å². The molecule has 0 aliphatic carbocycles. The van der Waals surface area contributed by atoms with Gasteiger partial charge in [0.1, 0.15) is 0 Å². The quantitative estimate of drug-likeness (QED) is 0.816. The van der Waals surface area contributed by atoms with Gasteiger partial charge in [-0.25, -0.2) is 0 Å². The molecular formula is C18H19N3O2. The van der Waals surface area contributed by atoms with E-state index in [4.69, 9.17) is 0 Å². The van der Waals surface area contributed by atoms with Crippen LogP contribution in [-0.2, 0) is 6.54 Å². The standard InChI is InChI=1S/C18H19N3O2/c1-13-16-7-4-8-20(16)10-9-19(13)11-12-21-17(22)14-5-2-3-6-15(14)18(21)23/h2-8,13H,9-12H2,1H3/t13-/m0/s1. The van der Waals surface area contributed by atoms with Crippen LogP contribution < -0.4 is 0 Å². The van der Waals surface area contributed by atoms with Crippen molar-refractivity contribution in [1.82, 2.24) is 14.4 Å². The Balaban J connectivity index is 1.47. The molecule has 0 N–H and O–H groups in total. The Kier molecular flexibility index (Phi) is 3.31. The second-order valence-electron chi connectivity index (χ2n) is 6.15. The molecule has 5 nitrogen and oxygen atoms in total. The molecule has 0 spiro atoms. The van der Waals surface area contributed by atoms with Crippen molar-refractivity contribution in [2.75, 3.05) is 19.6 Å². The molecule has 0 unspecified atom stereocenters. The van der Waals surface area contributed by atoms with Crippen LogP contribution in [0.1, 0.15) is 39.4 Å². The van der Waals surface area contributed by atoms with Crippen molar-refractivity contribution in [2.45, 2.75) is 19.5 Å². The van der Waals surface area contributed by atoms with Gasteiger partial charge in [0.25, 0.3) is 11.8 Å². The summed E-state index contributed by atoms with van der Waals surface area (Å²) in [6.07, 6.45) is 2.10. The predicted octanol–water partition coefficient (Wildman–Crippen LogP) is 2.16. The summed E-state index contributed by atoms with van der Waals surface area (Å²) in [5.74, 6) is -0.336. The normalized spacial score (nSPS) is 20.7. The monoisotopic (exact) mass is 309 g/mol. The van der Waals surface area contributed by atoms with Crippen molar-refractivity contribution < 1.29 is 9.59 Å². The zero-order valence-corrected chi connectivity index (χ0v) is 13.1. The van der Waals surface area contributed by atoms with Gasteiger partial charge in [-0.1, -0.05) is 12.1 Å². The summed E-state index contributed by atoms with van der Waals surface area (Å²) < 4.78 is 2.27. The Morgan fingerprint density at radius 3 is 2.35 bits per heavy atom. The van der Waals surface area contributed by atoms with Crippen molar-refractivity contribution in [3.05, 3.63) is 59.4 Å². The number of fused-ring (bicyclic) bond motifs is 2. The summed E-state index contributed by atoms with van der Waals surface area (Å²) in [7, 11) is 0. The molecule has 1 aromatic carbocycles. The summed E-state index contributed by atoms with van der Waals surface area (Å²) in [6, 6.07) is 11.6. The largest absolute Gasteiger partial charge is 0.349 e. The Labute approximate surface area is 135 Å². The van der Waals surface area contributed by atoms with Crippen LogP contribution in [0.15, 0.2) is 42.6 Å². The Morgan fingerprint density at radius 2 is 1.65 bits per heavy atom. The lowest BCUT2D eigenvalue weighted by Gasteiger charge is -2.35. The topological polar surface area (TPSA) is 45.5 Å². The fraction of sp³-hybridized carbons (Fsp3) is 0.333. The number of hydrogen-bond donors (Lipinski definition) is 0. The van der Waals surface area contributed by atoms with Gasteiger partial charge in [0.2, 0.25) is 0 Å². The summed E-state index contributed by atoms with van der Waals surface area (Å²) in [6.45, 7) is 5.21. The van der Waals surface area contributed by atoms with Crippen LogP contribution in [0.2, 0.25) is 0 Å². The highest BCUT2D eigenvalue weighted by molar-refractivity contribution is 6.21. The van der Waals surface area contributed by atoms with Gasteiger partial charge in [-0.3, -0.25) is 19.4 Å². The lowest BCUT2D eigenvalue weighted by molar-refractivity contribution is 0.0616. The summed E-state index contributed by atoms with van der Waals surface area (Å²) in [4.78, 5) is 28.5. The molecule has 2 aliphatic heterocycles. The fourth-order valence-electron chi connectivity index (χ4n) is 3.60. The summed E-state index contributed by atoms with van der Waals surface area (Å²) in [5, 5.41) is 0. The molecule has 2 aromatic rings. The highest BCUT2D eigenvalue weighted by Gasteiger charge is 2.35. The van der Waals surface area contributed by atoms with Crippen molar-refractivity contribution in [3.8, 4) is 0 Å². The third-order valence-electron chi connectivity index (χ3n) is 4.96. The molecule has 118 valence electrons. The minimum Gasteiger partial charge on any atom is -0.349 e. The second kappa shape index (κ2) is 5.35. The van der Waals surface area contributed by atoms with Crippen LogP contribution in [0, 0.1) is 0 Å². The first-order valence-electron chi connectivity index (χ1n) is 8.01. The molecule has 0 saturated carbocycles. The molecule has 2 aliphatic rings. The summed E-state index contributed by atoms with van der Waals surface area (Å²) in [5.41, 5.74) is 2.34. The van der Waals surface area contributed by atoms with E-state index in [-0.39, 0.29) is 11.8 Å². The van der Waals surface area contributed by atoms with E-state index >= 15 is 0 Å². The number of aromatic nitrogens is 1. The van der Waals surface area contributed by atoms with Crippen LogP contribution in [0.3, 0.4) is 0 Å². The van der Waals surface area contributed by atoms with Gasteiger partial charge in [-0.15, -0.1) is 0 Å². The van der Waals surface area contributed by atoms with E-state index in [0.717, 1.165) is 13.1 Å². The Morgan fingerprint density at radius 1 is 0.957 bits per heavy atom. The molecule has 5 heteroatoms. The van der Waals surface area contributed by atoms with Crippen molar-refractivity contribution in [3.63, 3.8) is 0 Å². The summed E-state index contributed by atoms with van der Waals surface area (Å²) >= 11 is 0. The zero-order chi connectivity index (χ0) is 16.0. The van der Waals surface area contributed by atoms with Crippen LogP contribution in [-0.4, -0.2) is 45.8 Å².